The summed E-state index contributed by atoms with van der Waals surface area (Å²) in [6.07, 6.45) is 0.970. The molecule has 0 fully saturated rings. The van der Waals surface area contributed by atoms with Crippen LogP contribution in [0.25, 0.3) is 0 Å². The number of rotatable bonds is 7. The zero-order chi connectivity index (χ0) is 13.6. The molecule has 0 saturated carbocycles. The first-order valence-corrected chi connectivity index (χ1v) is 7.49. The van der Waals surface area contributed by atoms with Crippen molar-refractivity contribution in [3.05, 3.63) is 11.4 Å². The number of aryl methyl sites for hydroxylation is 2. The molecule has 0 radical (unpaired) electrons. The number of aromatic nitrogens is 3. The van der Waals surface area contributed by atoms with Crippen LogP contribution in [-0.2, 0) is 10.0 Å². The predicted molar refractivity (Wildman–Crippen MR) is 69.9 cm³/mol. The van der Waals surface area contributed by atoms with Gasteiger partial charge in [0.2, 0.25) is 10.0 Å². The zero-order valence-corrected chi connectivity index (χ0v) is 11.7. The van der Waals surface area contributed by atoms with E-state index in [4.69, 9.17) is 0 Å². The number of sulfonamides is 1. The molecule has 1 heterocycles. The van der Waals surface area contributed by atoms with Crippen molar-refractivity contribution >= 4 is 16.0 Å². The molecule has 8 heteroatoms. The van der Waals surface area contributed by atoms with Gasteiger partial charge in [0, 0.05) is 6.54 Å². The highest BCUT2D eigenvalue weighted by Crippen LogP contribution is 2.04. The summed E-state index contributed by atoms with van der Waals surface area (Å²) in [6.45, 7) is 6.75. The highest BCUT2D eigenvalue weighted by Gasteiger charge is 2.12. The number of nitrogens with one attached hydrogen (secondary N) is 2. The third-order valence-corrected chi connectivity index (χ3v) is 3.55. The Labute approximate surface area is 107 Å². The van der Waals surface area contributed by atoms with E-state index in [2.05, 4.69) is 25.2 Å². The SMILES string of the molecule is CCCNCCS(=O)(=O)Nc1nnc(C)c(C)n1. The third-order valence-electron chi connectivity index (χ3n) is 2.31. The molecule has 2 N–H and O–H groups in total. The lowest BCUT2D eigenvalue weighted by molar-refractivity contribution is 0.594. The maximum Gasteiger partial charge on any atom is 0.256 e. The first-order chi connectivity index (χ1) is 8.44. The molecule has 18 heavy (non-hydrogen) atoms. The van der Waals surface area contributed by atoms with E-state index < -0.39 is 10.0 Å². The summed E-state index contributed by atoms with van der Waals surface area (Å²) in [7, 11) is -3.42. The van der Waals surface area contributed by atoms with E-state index in [1.165, 1.54) is 0 Å². The van der Waals surface area contributed by atoms with Crippen LogP contribution in [0.2, 0.25) is 0 Å². The lowest BCUT2D eigenvalue weighted by atomic mass is 10.4. The lowest BCUT2D eigenvalue weighted by Gasteiger charge is -2.07. The molecular weight excluding hydrogens is 254 g/mol. The van der Waals surface area contributed by atoms with Gasteiger partial charge >= 0.3 is 0 Å². The molecule has 7 nitrogen and oxygen atoms in total. The average Bonchev–Trinajstić information content (AvgIpc) is 2.29. The highest BCUT2D eigenvalue weighted by molar-refractivity contribution is 7.92. The Bertz CT molecular complexity index is 489. The van der Waals surface area contributed by atoms with Gasteiger partial charge in [-0.25, -0.2) is 18.1 Å². The Balaban J connectivity index is 2.56. The number of nitrogens with zero attached hydrogens (tertiary/aromatic N) is 3. The van der Waals surface area contributed by atoms with E-state index in [0.29, 0.717) is 17.9 Å². The van der Waals surface area contributed by atoms with Gasteiger partial charge in [0.05, 0.1) is 17.1 Å². The Hall–Kier alpha value is -1.28. The van der Waals surface area contributed by atoms with Gasteiger partial charge in [0.25, 0.3) is 5.95 Å². The Morgan fingerprint density at radius 3 is 2.44 bits per heavy atom. The number of anilines is 1. The molecule has 0 aromatic carbocycles. The van der Waals surface area contributed by atoms with E-state index >= 15 is 0 Å². The van der Waals surface area contributed by atoms with Crippen molar-refractivity contribution in [1.29, 1.82) is 0 Å². The molecule has 0 aliphatic heterocycles. The molecule has 0 aliphatic rings. The van der Waals surface area contributed by atoms with Crippen LogP contribution in [0.5, 0.6) is 0 Å². The largest absolute Gasteiger partial charge is 0.316 e. The number of hydrogen-bond acceptors (Lipinski definition) is 6. The minimum absolute atomic E-state index is 0.0106. The molecule has 1 aromatic rings. The zero-order valence-electron chi connectivity index (χ0n) is 10.9. The summed E-state index contributed by atoms with van der Waals surface area (Å²) in [5.41, 5.74) is 1.34. The Morgan fingerprint density at radius 1 is 1.11 bits per heavy atom. The fourth-order valence-corrected chi connectivity index (χ4v) is 2.08. The van der Waals surface area contributed by atoms with Crippen LogP contribution in [0.15, 0.2) is 0 Å². The van der Waals surface area contributed by atoms with Gasteiger partial charge < -0.3 is 5.32 Å². The van der Waals surface area contributed by atoms with Crippen molar-refractivity contribution in [3.8, 4) is 0 Å². The van der Waals surface area contributed by atoms with Crippen molar-refractivity contribution in [2.45, 2.75) is 27.2 Å². The van der Waals surface area contributed by atoms with Crippen LogP contribution in [-0.4, -0.2) is 42.4 Å². The van der Waals surface area contributed by atoms with Crippen molar-refractivity contribution in [2.75, 3.05) is 23.6 Å². The van der Waals surface area contributed by atoms with E-state index in [9.17, 15) is 8.42 Å². The van der Waals surface area contributed by atoms with E-state index in [0.717, 1.165) is 13.0 Å². The van der Waals surface area contributed by atoms with Gasteiger partial charge in [-0.3, -0.25) is 0 Å². The van der Waals surface area contributed by atoms with Crippen LogP contribution in [0.4, 0.5) is 5.95 Å². The molecule has 0 amide bonds. The molecule has 0 spiro atoms. The third kappa shape index (κ3) is 4.92. The second-order valence-corrected chi connectivity index (χ2v) is 5.82. The first-order valence-electron chi connectivity index (χ1n) is 5.83. The molecule has 102 valence electrons. The summed E-state index contributed by atoms with van der Waals surface area (Å²) < 4.78 is 25.7. The Morgan fingerprint density at radius 2 is 1.83 bits per heavy atom. The van der Waals surface area contributed by atoms with Crippen molar-refractivity contribution in [1.82, 2.24) is 20.5 Å². The van der Waals surface area contributed by atoms with Gasteiger partial charge in [-0.2, -0.15) is 5.10 Å². The molecule has 1 rings (SSSR count). The Kier molecular flexibility index (Phi) is 5.42. The maximum absolute atomic E-state index is 11.7. The van der Waals surface area contributed by atoms with Crippen LogP contribution in [0.1, 0.15) is 24.7 Å². The predicted octanol–water partition coefficient (Wildman–Crippen LogP) is 0.230. The van der Waals surface area contributed by atoms with Gasteiger partial charge in [-0.15, -0.1) is 5.10 Å². The van der Waals surface area contributed by atoms with Gasteiger partial charge in [0.15, 0.2) is 0 Å². The summed E-state index contributed by atoms with van der Waals surface area (Å²) in [5.74, 6) is 0.0112. The van der Waals surface area contributed by atoms with Crippen LogP contribution in [0, 0.1) is 13.8 Å². The second-order valence-electron chi connectivity index (χ2n) is 3.98. The summed E-state index contributed by atoms with van der Waals surface area (Å²) in [6, 6.07) is 0. The monoisotopic (exact) mass is 273 g/mol. The topological polar surface area (TPSA) is 96.9 Å². The fourth-order valence-electron chi connectivity index (χ4n) is 1.20. The normalized spacial score (nSPS) is 11.5. The van der Waals surface area contributed by atoms with Crippen molar-refractivity contribution < 1.29 is 8.42 Å². The van der Waals surface area contributed by atoms with Crippen LogP contribution in [0.3, 0.4) is 0 Å². The second kappa shape index (κ2) is 6.60. The summed E-state index contributed by atoms with van der Waals surface area (Å²) in [4.78, 5) is 4.02. The molecule has 0 atom stereocenters. The maximum atomic E-state index is 11.7. The van der Waals surface area contributed by atoms with Gasteiger partial charge in [0.1, 0.15) is 0 Å². The van der Waals surface area contributed by atoms with Crippen LogP contribution < -0.4 is 10.0 Å². The average molecular weight is 273 g/mol. The molecule has 0 bridgehead atoms. The standard InChI is InChI=1S/C10H19N5O2S/c1-4-5-11-6-7-18(16,17)15-10-12-8(2)9(3)13-14-10/h11H,4-7H2,1-3H3,(H,12,14,15). The molecule has 0 saturated heterocycles. The number of hydrogen-bond donors (Lipinski definition) is 2. The van der Waals surface area contributed by atoms with Gasteiger partial charge in [-0.05, 0) is 26.8 Å². The van der Waals surface area contributed by atoms with Crippen LogP contribution >= 0.6 is 0 Å². The molecule has 0 unspecified atom stereocenters. The molecular formula is C10H19N5O2S. The quantitative estimate of drug-likeness (QED) is 0.690. The highest BCUT2D eigenvalue weighted by atomic mass is 32.2. The summed E-state index contributed by atoms with van der Waals surface area (Å²) in [5, 5.41) is 10.5. The van der Waals surface area contributed by atoms with E-state index in [-0.39, 0.29) is 11.7 Å². The molecule has 1 aromatic heterocycles. The first kappa shape index (κ1) is 14.8. The smallest absolute Gasteiger partial charge is 0.256 e. The minimum atomic E-state index is -3.42. The fraction of sp³-hybridized carbons (Fsp3) is 0.700. The summed E-state index contributed by atoms with van der Waals surface area (Å²) >= 11 is 0. The minimum Gasteiger partial charge on any atom is -0.316 e. The van der Waals surface area contributed by atoms with E-state index in [1.807, 2.05) is 6.92 Å². The van der Waals surface area contributed by atoms with Crippen molar-refractivity contribution in [3.63, 3.8) is 0 Å². The van der Waals surface area contributed by atoms with E-state index in [1.54, 1.807) is 13.8 Å². The lowest BCUT2D eigenvalue weighted by Crippen LogP contribution is -2.28. The molecule has 0 aliphatic carbocycles. The van der Waals surface area contributed by atoms with Gasteiger partial charge in [-0.1, -0.05) is 6.92 Å². The van der Waals surface area contributed by atoms with Crippen molar-refractivity contribution in [2.24, 2.45) is 0 Å².